The summed E-state index contributed by atoms with van der Waals surface area (Å²) in [6.45, 7) is 10.7. The fourth-order valence-electron chi connectivity index (χ4n) is 8.75. The van der Waals surface area contributed by atoms with Gasteiger partial charge in [-0.3, -0.25) is 0 Å². The molecule has 0 radical (unpaired) electrons. The third-order valence-corrected chi connectivity index (χ3v) is 10.7. The van der Waals surface area contributed by atoms with E-state index in [-0.39, 0.29) is 22.9 Å². The highest BCUT2D eigenvalue weighted by Crippen LogP contribution is 2.72. The zero-order valence-corrected chi connectivity index (χ0v) is 21.7. The van der Waals surface area contributed by atoms with Crippen LogP contribution >= 0.6 is 11.6 Å². The van der Waals surface area contributed by atoms with Gasteiger partial charge in [-0.1, -0.05) is 45.9 Å². The van der Waals surface area contributed by atoms with Crippen molar-refractivity contribution in [2.24, 2.45) is 28.1 Å². The molecule has 0 aliphatic heterocycles. The molecule has 4 aliphatic rings. The summed E-state index contributed by atoms with van der Waals surface area (Å²) in [6, 6.07) is 3.10. The summed E-state index contributed by atoms with van der Waals surface area (Å²) in [6.07, 6.45) is 9.03. The Morgan fingerprint density at radius 2 is 1.88 bits per heavy atom. The fraction of sp³-hybridized carbons (Fsp3) is 0.679. The van der Waals surface area contributed by atoms with Crippen LogP contribution < -0.4 is 5.63 Å². The maximum Gasteiger partial charge on any atom is 0.335 e. The highest BCUT2D eigenvalue weighted by Gasteiger charge is 2.74. The van der Waals surface area contributed by atoms with Crippen LogP contribution in [0.15, 0.2) is 51.4 Å². The standard InChI is InChI=1S/C28H37ClO5/c1-24(2)19-9-8-17-18(25(19,3)12-11-21(24)33-6)13-20(30)27(5)23(16-7-10-22(31)34-14-16)26(4,29)15-28(17,27)32/h7-8,10-12,14,18-21,23,30,32H,9,13,15H2,1-6H3/t18-,19-,20+,21-,23-,25+,26?,27+,28-/m0/s1. The van der Waals surface area contributed by atoms with E-state index < -0.39 is 33.5 Å². The molecule has 186 valence electrons. The second-order valence-corrected chi connectivity index (χ2v) is 13.2. The Balaban J connectivity index is 1.65. The zero-order valence-electron chi connectivity index (χ0n) is 21.0. The van der Waals surface area contributed by atoms with Gasteiger partial charge in [0.05, 0.1) is 28.9 Å². The van der Waals surface area contributed by atoms with Gasteiger partial charge in [0.2, 0.25) is 0 Å². The molecular formula is C28H37ClO5. The number of fused-ring (bicyclic) bond motifs is 5. The number of ether oxygens (including phenoxy) is 1. The molecule has 5 rings (SSSR count). The van der Waals surface area contributed by atoms with Crippen LogP contribution in [0.25, 0.3) is 0 Å². The number of halogens is 1. The Kier molecular flexibility index (Phi) is 5.23. The van der Waals surface area contributed by atoms with Gasteiger partial charge in [0.15, 0.2) is 0 Å². The second-order valence-electron chi connectivity index (χ2n) is 12.4. The SMILES string of the molecule is CO[C@H]1C=C[C@]2(C)[C@H]3C[C@@H](O)[C@]4(C)[C@@H](c5ccc(=O)oc5)C(C)(Cl)C[C@]4(O)C3=CC[C@H]2C1(C)C. The van der Waals surface area contributed by atoms with Crippen molar-refractivity contribution < 1.29 is 19.4 Å². The van der Waals surface area contributed by atoms with Gasteiger partial charge in [-0.25, -0.2) is 4.79 Å². The van der Waals surface area contributed by atoms with Crippen molar-refractivity contribution in [3.05, 3.63) is 58.2 Å². The molecule has 9 atom stereocenters. The van der Waals surface area contributed by atoms with Crippen LogP contribution in [0, 0.1) is 28.1 Å². The lowest BCUT2D eigenvalue weighted by atomic mass is 9.44. The Morgan fingerprint density at radius 3 is 2.50 bits per heavy atom. The molecule has 4 aliphatic carbocycles. The number of alkyl halides is 1. The largest absolute Gasteiger partial charge is 0.431 e. The minimum atomic E-state index is -1.28. The average molecular weight is 489 g/mol. The lowest BCUT2D eigenvalue weighted by Crippen LogP contribution is -2.63. The normalized spacial score (nSPS) is 49.1. The molecule has 1 aromatic heterocycles. The van der Waals surface area contributed by atoms with Gasteiger partial charge >= 0.3 is 5.63 Å². The minimum absolute atomic E-state index is 0.00687. The van der Waals surface area contributed by atoms with Gasteiger partial charge in [0, 0.05) is 30.9 Å². The summed E-state index contributed by atoms with van der Waals surface area (Å²) >= 11 is 7.17. The highest BCUT2D eigenvalue weighted by atomic mass is 35.5. The van der Waals surface area contributed by atoms with Crippen LogP contribution in [0.3, 0.4) is 0 Å². The molecule has 0 bridgehead atoms. The molecule has 2 fully saturated rings. The molecule has 5 nitrogen and oxygen atoms in total. The van der Waals surface area contributed by atoms with Crippen LogP contribution in [0.5, 0.6) is 0 Å². The smallest absolute Gasteiger partial charge is 0.335 e. The van der Waals surface area contributed by atoms with Crippen molar-refractivity contribution in [1.82, 2.24) is 0 Å². The summed E-state index contributed by atoms with van der Waals surface area (Å²) in [7, 11) is 1.76. The number of methoxy groups -OCH3 is 1. The van der Waals surface area contributed by atoms with Gasteiger partial charge in [0.1, 0.15) is 0 Å². The van der Waals surface area contributed by atoms with E-state index in [4.69, 9.17) is 20.8 Å². The summed E-state index contributed by atoms with van der Waals surface area (Å²) in [5.41, 5.74) is -1.22. The van der Waals surface area contributed by atoms with Crippen LogP contribution in [0.4, 0.5) is 0 Å². The van der Waals surface area contributed by atoms with E-state index in [1.165, 1.54) is 12.3 Å². The quantitative estimate of drug-likeness (QED) is 0.461. The first kappa shape index (κ1) is 24.3. The van der Waals surface area contributed by atoms with Crippen LogP contribution in [-0.2, 0) is 4.74 Å². The van der Waals surface area contributed by atoms with Crippen molar-refractivity contribution in [2.75, 3.05) is 7.11 Å². The lowest BCUT2D eigenvalue weighted by Gasteiger charge is -2.62. The average Bonchev–Trinajstić information content (AvgIpc) is 2.92. The van der Waals surface area contributed by atoms with Crippen molar-refractivity contribution >= 4 is 11.6 Å². The topological polar surface area (TPSA) is 79.9 Å². The second kappa shape index (κ2) is 7.32. The van der Waals surface area contributed by atoms with E-state index in [0.29, 0.717) is 18.8 Å². The number of allylic oxidation sites excluding steroid dienone is 2. The molecule has 2 saturated carbocycles. The number of aliphatic hydroxyl groups is 2. The minimum Gasteiger partial charge on any atom is -0.431 e. The van der Waals surface area contributed by atoms with Crippen molar-refractivity contribution in [3.63, 3.8) is 0 Å². The van der Waals surface area contributed by atoms with Crippen LogP contribution in [0.2, 0.25) is 0 Å². The van der Waals surface area contributed by atoms with E-state index in [1.807, 2.05) is 13.8 Å². The van der Waals surface area contributed by atoms with Crippen molar-refractivity contribution in [1.29, 1.82) is 0 Å². The first-order valence-corrected chi connectivity index (χ1v) is 12.7. The summed E-state index contributed by atoms with van der Waals surface area (Å²) < 4.78 is 11.0. The third-order valence-electron chi connectivity index (χ3n) is 10.3. The summed E-state index contributed by atoms with van der Waals surface area (Å²) in [5.74, 6) is -0.0889. The molecule has 1 heterocycles. The maximum absolute atomic E-state index is 12.5. The van der Waals surface area contributed by atoms with Crippen LogP contribution in [-0.4, -0.2) is 40.0 Å². The molecule has 1 unspecified atom stereocenters. The number of hydrogen-bond donors (Lipinski definition) is 2. The van der Waals surface area contributed by atoms with Crippen molar-refractivity contribution in [2.45, 2.75) is 82.5 Å². The molecule has 0 aromatic carbocycles. The Hall–Kier alpha value is -1.40. The number of hydrogen-bond acceptors (Lipinski definition) is 5. The first-order chi connectivity index (χ1) is 15.7. The van der Waals surface area contributed by atoms with E-state index >= 15 is 0 Å². The van der Waals surface area contributed by atoms with Gasteiger partial charge < -0.3 is 19.4 Å². The molecule has 34 heavy (non-hydrogen) atoms. The maximum atomic E-state index is 12.5. The summed E-state index contributed by atoms with van der Waals surface area (Å²) in [4.78, 5) is 10.8. The molecule has 0 saturated heterocycles. The highest BCUT2D eigenvalue weighted by molar-refractivity contribution is 6.24. The molecule has 6 heteroatoms. The molecule has 1 aromatic rings. The monoisotopic (exact) mass is 488 g/mol. The van der Waals surface area contributed by atoms with Crippen molar-refractivity contribution in [3.8, 4) is 0 Å². The number of rotatable bonds is 2. The first-order valence-electron chi connectivity index (χ1n) is 12.3. The van der Waals surface area contributed by atoms with Gasteiger partial charge in [0.25, 0.3) is 0 Å². The van der Waals surface area contributed by atoms with Gasteiger partial charge in [-0.2, -0.15) is 0 Å². The van der Waals surface area contributed by atoms with E-state index in [2.05, 4.69) is 39.0 Å². The fourth-order valence-corrected chi connectivity index (χ4v) is 9.30. The zero-order chi connectivity index (χ0) is 24.9. The Morgan fingerprint density at radius 1 is 1.18 bits per heavy atom. The van der Waals surface area contributed by atoms with Gasteiger partial charge in [-0.15, -0.1) is 11.6 Å². The molecule has 0 amide bonds. The van der Waals surface area contributed by atoms with Gasteiger partial charge in [-0.05, 0) is 59.6 Å². The Bertz CT molecular complexity index is 1100. The molecular weight excluding hydrogens is 452 g/mol. The van der Waals surface area contributed by atoms with E-state index in [0.717, 1.165) is 17.6 Å². The van der Waals surface area contributed by atoms with Crippen LogP contribution in [0.1, 0.15) is 65.4 Å². The molecule has 0 spiro atoms. The summed E-state index contributed by atoms with van der Waals surface area (Å²) in [5, 5.41) is 24.3. The Labute approximate surface area is 206 Å². The lowest BCUT2D eigenvalue weighted by molar-refractivity contribution is -0.155. The van der Waals surface area contributed by atoms with E-state index in [9.17, 15) is 15.0 Å². The molecule has 2 N–H and O–H groups in total. The number of aliphatic hydroxyl groups excluding tert-OH is 1. The predicted octanol–water partition coefficient (Wildman–Crippen LogP) is 4.81. The van der Waals surface area contributed by atoms with E-state index in [1.54, 1.807) is 13.2 Å². The third kappa shape index (κ3) is 2.87. The predicted molar refractivity (Wildman–Crippen MR) is 132 cm³/mol.